The first kappa shape index (κ1) is 20.9. The predicted octanol–water partition coefficient (Wildman–Crippen LogP) is 3.25. The Morgan fingerprint density at radius 3 is 2.54 bits per heavy atom. The highest BCUT2D eigenvalue weighted by Gasteiger charge is 2.28. The molecule has 156 valence electrons. The van der Waals surface area contributed by atoms with E-state index in [2.05, 4.69) is 10.2 Å². The van der Waals surface area contributed by atoms with E-state index in [0.29, 0.717) is 23.7 Å². The lowest BCUT2D eigenvalue weighted by molar-refractivity contribution is 0.0745. The molecule has 1 aliphatic heterocycles. The van der Waals surface area contributed by atoms with Crippen molar-refractivity contribution in [3.05, 3.63) is 23.8 Å². The number of ether oxygens (including phenoxy) is 3. The molecule has 1 amide bonds. The third kappa shape index (κ3) is 5.39. The quantitative estimate of drug-likeness (QED) is 0.738. The summed E-state index contributed by atoms with van der Waals surface area (Å²) >= 11 is 0. The van der Waals surface area contributed by atoms with Crippen LogP contribution in [0.2, 0.25) is 0 Å². The van der Waals surface area contributed by atoms with Crippen molar-refractivity contribution in [3.63, 3.8) is 0 Å². The van der Waals surface area contributed by atoms with Crippen LogP contribution in [-0.2, 0) is 4.74 Å². The van der Waals surface area contributed by atoms with E-state index in [4.69, 9.17) is 14.2 Å². The van der Waals surface area contributed by atoms with Gasteiger partial charge in [-0.25, -0.2) is 0 Å². The number of rotatable bonds is 8. The summed E-state index contributed by atoms with van der Waals surface area (Å²) in [6.07, 6.45) is 7.57. The summed E-state index contributed by atoms with van der Waals surface area (Å²) in [5.41, 5.74) is 0.514. The lowest BCUT2D eigenvalue weighted by Gasteiger charge is -2.36. The van der Waals surface area contributed by atoms with Crippen LogP contribution >= 0.6 is 0 Å². The number of nitrogens with one attached hydrogen (secondary N) is 1. The standard InChI is InChI=1S/C22H34N2O4/c1-16(15-26-2)23-22(25)20-14-19(27-3)8-9-21(20)28-18-10-12-24(13-11-18)17-6-4-5-7-17/h8-9,14,16-18H,4-7,10-13,15H2,1-3H3,(H,23,25)/t16-/m1/s1. The van der Waals surface area contributed by atoms with Gasteiger partial charge in [-0.2, -0.15) is 0 Å². The van der Waals surface area contributed by atoms with Crippen LogP contribution in [0.4, 0.5) is 0 Å². The van der Waals surface area contributed by atoms with E-state index in [1.165, 1.54) is 25.7 Å². The van der Waals surface area contributed by atoms with Gasteiger partial charge in [0.2, 0.25) is 0 Å². The molecular formula is C22H34N2O4. The van der Waals surface area contributed by atoms with Gasteiger partial charge in [0.15, 0.2) is 0 Å². The molecule has 1 aliphatic carbocycles. The molecule has 1 saturated carbocycles. The molecule has 2 aliphatic rings. The summed E-state index contributed by atoms with van der Waals surface area (Å²) in [6.45, 7) is 4.54. The van der Waals surface area contributed by atoms with Crippen LogP contribution in [0.5, 0.6) is 11.5 Å². The van der Waals surface area contributed by atoms with Crippen molar-refractivity contribution in [1.82, 2.24) is 10.2 Å². The Labute approximate surface area is 168 Å². The minimum absolute atomic E-state index is 0.0776. The van der Waals surface area contributed by atoms with E-state index in [1.54, 1.807) is 20.3 Å². The normalized spacial score (nSPS) is 20.1. The highest BCUT2D eigenvalue weighted by Crippen LogP contribution is 2.30. The summed E-state index contributed by atoms with van der Waals surface area (Å²) < 4.78 is 16.7. The van der Waals surface area contributed by atoms with E-state index in [-0.39, 0.29) is 18.1 Å². The number of carbonyl (C=O) groups is 1. The Bertz CT molecular complexity index is 637. The zero-order valence-electron chi connectivity index (χ0n) is 17.4. The van der Waals surface area contributed by atoms with E-state index < -0.39 is 0 Å². The van der Waals surface area contributed by atoms with Crippen molar-refractivity contribution in [2.45, 2.75) is 63.6 Å². The molecule has 1 aromatic rings. The molecule has 0 spiro atoms. The number of likely N-dealkylation sites (tertiary alicyclic amines) is 1. The fourth-order valence-electron chi connectivity index (χ4n) is 4.32. The Morgan fingerprint density at radius 2 is 1.89 bits per heavy atom. The maximum absolute atomic E-state index is 12.8. The molecule has 1 aromatic carbocycles. The molecule has 1 N–H and O–H groups in total. The topological polar surface area (TPSA) is 60.0 Å². The molecule has 6 nitrogen and oxygen atoms in total. The summed E-state index contributed by atoms with van der Waals surface area (Å²) in [6, 6.07) is 6.13. The second-order valence-electron chi connectivity index (χ2n) is 7.98. The maximum atomic E-state index is 12.8. The second kappa shape index (κ2) is 10.1. The minimum atomic E-state index is -0.165. The predicted molar refractivity (Wildman–Crippen MR) is 109 cm³/mol. The lowest BCUT2D eigenvalue weighted by atomic mass is 10.0. The molecule has 0 aromatic heterocycles. The number of nitrogens with zero attached hydrogens (tertiary/aromatic N) is 1. The fraction of sp³-hybridized carbons (Fsp3) is 0.682. The van der Waals surface area contributed by atoms with Gasteiger partial charge in [-0.05, 0) is 50.8 Å². The minimum Gasteiger partial charge on any atom is -0.497 e. The Balaban J connectivity index is 1.63. The van der Waals surface area contributed by atoms with E-state index >= 15 is 0 Å². The van der Waals surface area contributed by atoms with E-state index in [1.807, 2.05) is 19.1 Å². The zero-order valence-corrected chi connectivity index (χ0v) is 17.4. The number of hydrogen-bond acceptors (Lipinski definition) is 5. The van der Waals surface area contributed by atoms with Gasteiger partial charge in [0.25, 0.3) is 5.91 Å². The monoisotopic (exact) mass is 390 g/mol. The highest BCUT2D eigenvalue weighted by molar-refractivity contribution is 5.97. The van der Waals surface area contributed by atoms with Gasteiger partial charge in [-0.1, -0.05) is 12.8 Å². The van der Waals surface area contributed by atoms with Crippen LogP contribution in [0, 0.1) is 0 Å². The third-order valence-electron chi connectivity index (χ3n) is 5.84. The molecule has 1 saturated heterocycles. The number of amides is 1. The Hall–Kier alpha value is -1.79. The van der Waals surface area contributed by atoms with Gasteiger partial charge < -0.3 is 24.4 Å². The highest BCUT2D eigenvalue weighted by atomic mass is 16.5. The van der Waals surface area contributed by atoms with Crippen LogP contribution in [-0.4, -0.2) is 62.9 Å². The summed E-state index contributed by atoms with van der Waals surface area (Å²) in [4.78, 5) is 15.4. The number of carbonyl (C=O) groups excluding carboxylic acids is 1. The zero-order chi connectivity index (χ0) is 19.9. The average Bonchev–Trinajstić information content (AvgIpc) is 3.24. The first-order chi connectivity index (χ1) is 13.6. The van der Waals surface area contributed by atoms with Gasteiger partial charge in [0.1, 0.15) is 17.6 Å². The van der Waals surface area contributed by atoms with Gasteiger partial charge in [-0.15, -0.1) is 0 Å². The van der Waals surface area contributed by atoms with Crippen LogP contribution in [0.3, 0.4) is 0 Å². The molecule has 3 rings (SSSR count). The van der Waals surface area contributed by atoms with Crippen molar-refractivity contribution in [1.29, 1.82) is 0 Å². The molecule has 0 unspecified atom stereocenters. The third-order valence-corrected chi connectivity index (χ3v) is 5.84. The second-order valence-corrected chi connectivity index (χ2v) is 7.98. The van der Waals surface area contributed by atoms with Gasteiger partial charge in [-0.3, -0.25) is 4.79 Å². The summed E-state index contributed by atoms with van der Waals surface area (Å²) in [5.74, 6) is 1.11. The number of hydrogen-bond donors (Lipinski definition) is 1. The van der Waals surface area contributed by atoms with Gasteiger partial charge in [0, 0.05) is 32.3 Å². The molecule has 1 heterocycles. The average molecular weight is 391 g/mol. The smallest absolute Gasteiger partial charge is 0.255 e. The van der Waals surface area contributed by atoms with Crippen molar-refractivity contribution < 1.29 is 19.0 Å². The van der Waals surface area contributed by atoms with Crippen LogP contribution in [0.1, 0.15) is 55.8 Å². The van der Waals surface area contributed by atoms with E-state index in [0.717, 1.165) is 32.0 Å². The molecule has 6 heteroatoms. The molecule has 2 fully saturated rings. The molecule has 0 bridgehead atoms. The number of piperidine rings is 1. The number of methoxy groups -OCH3 is 2. The molecule has 0 radical (unpaired) electrons. The van der Waals surface area contributed by atoms with E-state index in [9.17, 15) is 4.79 Å². The van der Waals surface area contributed by atoms with Crippen molar-refractivity contribution in [2.75, 3.05) is 33.9 Å². The molecular weight excluding hydrogens is 356 g/mol. The van der Waals surface area contributed by atoms with Gasteiger partial charge >= 0.3 is 0 Å². The SMILES string of the molecule is COC[C@@H](C)NC(=O)c1cc(OC)ccc1OC1CCN(C2CCCC2)CC1. The van der Waals surface area contributed by atoms with Crippen LogP contribution < -0.4 is 14.8 Å². The molecule has 1 atom stereocenters. The lowest BCUT2D eigenvalue weighted by Crippen LogP contribution is -2.43. The van der Waals surface area contributed by atoms with Crippen LogP contribution in [0.15, 0.2) is 18.2 Å². The fourth-order valence-corrected chi connectivity index (χ4v) is 4.32. The molecule has 28 heavy (non-hydrogen) atoms. The first-order valence-corrected chi connectivity index (χ1v) is 10.5. The van der Waals surface area contributed by atoms with Crippen LogP contribution in [0.25, 0.3) is 0 Å². The largest absolute Gasteiger partial charge is 0.497 e. The maximum Gasteiger partial charge on any atom is 0.255 e. The summed E-state index contributed by atoms with van der Waals surface area (Å²) in [7, 11) is 3.23. The first-order valence-electron chi connectivity index (χ1n) is 10.5. The summed E-state index contributed by atoms with van der Waals surface area (Å²) in [5, 5.41) is 2.96. The van der Waals surface area contributed by atoms with Crippen molar-refractivity contribution in [2.24, 2.45) is 0 Å². The number of benzene rings is 1. The van der Waals surface area contributed by atoms with Crippen molar-refractivity contribution >= 4 is 5.91 Å². The van der Waals surface area contributed by atoms with Crippen molar-refractivity contribution in [3.8, 4) is 11.5 Å². The Morgan fingerprint density at radius 1 is 1.18 bits per heavy atom. The van der Waals surface area contributed by atoms with Gasteiger partial charge in [0.05, 0.1) is 19.3 Å². The Kier molecular flexibility index (Phi) is 7.57.